The van der Waals surface area contributed by atoms with Gasteiger partial charge in [-0.05, 0) is 60.5 Å². The molecule has 8 heteroatoms. The first-order chi connectivity index (χ1) is 15.1. The molecule has 0 saturated heterocycles. The predicted molar refractivity (Wildman–Crippen MR) is 125 cm³/mol. The zero-order valence-corrected chi connectivity index (χ0v) is 18.4. The van der Waals surface area contributed by atoms with Crippen LogP contribution >= 0.6 is 23.4 Å². The van der Waals surface area contributed by atoms with Crippen LogP contribution in [0.25, 0.3) is 17.1 Å². The molecule has 2 aromatic heterocycles. The Morgan fingerprint density at radius 1 is 1.00 bits per heavy atom. The van der Waals surface area contributed by atoms with Gasteiger partial charge < -0.3 is 5.32 Å². The van der Waals surface area contributed by atoms with Crippen LogP contribution in [0.3, 0.4) is 0 Å². The number of amides is 1. The van der Waals surface area contributed by atoms with Crippen molar-refractivity contribution in [3.8, 4) is 17.1 Å². The summed E-state index contributed by atoms with van der Waals surface area (Å²) in [5.41, 5.74) is 3.79. The molecule has 0 bridgehead atoms. The second-order valence-electron chi connectivity index (χ2n) is 6.74. The second kappa shape index (κ2) is 9.76. The first-order valence-corrected chi connectivity index (χ1v) is 11.1. The number of aryl methyl sites for hydroxylation is 1. The van der Waals surface area contributed by atoms with Crippen LogP contribution in [-0.4, -0.2) is 31.4 Å². The van der Waals surface area contributed by atoms with Gasteiger partial charge in [0.15, 0.2) is 11.0 Å². The minimum Gasteiger partial charge on any atom is -0.325 e. The van der Waals surface area contributed by atoms with Crippen molar-refractivity contribution in [2.45, 2.75) is 18.5 Å². The first-order valence-electron chi connectivity index (χ1n) is 9.77. The van der Waals surface area contributed by atoms with Crippen molar-refractivity contribution in [1.82, 2.24) is 19.7 Å². The smallest absolute Gasteiger partial charge is 0.234 e. The summed E-state index contributed by atoms with van der Waals surface area (Å²) in [7, 11) is 0. The Balaban J connectivity index is 1.58. The molecule has 6 nitrogen and oxygen atoms in total. The summed E-state index contributed by atoms with van der Waals surface area (Å²) >= 11 is 7.23. The number of halogens is 1. The van der Waals surface area contributed by atoms with E-state index in [-0.39, 0.29) is 11.7 Å². The molecule has 0 radical (unpaired) electrons. The molecule has 31 heavy (non-hydrogen) atoms. The number of carbonyl (C=O) groups is 1. The highest BCUT2D eigenvalue weighted by atomic mass is 35.5. The monoisotopic (exact) mass is 449 g/mol. The molecule has 2 heterocycles. The maximum Gasteiger partial charge on any atom is 0.234 e. The lowest BCUT2D eigenvalue weighted by molar-refractivity contribution is -0.113. The van der Waals surface area contributed by atoms with E-state index in [1.807, 2.05) is 28.8 Å². The van der Waals surface area contributed by atoms with Gasteiger partial charge in [0, 0.05) is 34.4 Å². The molecule has 0 saturated carbocycles. The van der Waals surface area contributed by atoms with Crippen molar-refractivity contribution in [3.63, 3.8) is 0 Å². The lowest BCUT2D eigenvalue weighted by Gasteiger charge is -2.11. The molecular weight excluding hydrogens is 430 g/mol. The molecule has 0 spiro atoms. The number of nitrogens with zero attached hydrogens (tertiary/aromatic N) is 4. The number of aromatic nitrogens is 4. The molecule has 0 aliphatic carbocycles. The predicted octanol–water partition coefficient (Wildman–Crippen LogP) is 5.28. The third-order valence-electron chi connectivity index (χ3n) is 4.64. The average Bonchev–Trinajstić information content (AvgIpc) is 3.24. The molecule has 1 N–H and O–H groups in total. The van der Waals surface area contributed by atoms with Crippen LogP contribution in [0.15, 0.2) is 78.2 Å². The van der Waals surface area contributed by atoms with Crippen LogP contribution in [-0.2, 0) is 11.2 Å². The fourth-order valence-corrected chi connectivity index (χ4v) is 3.90. The van der Waals surface area contributed by atoms with Crippen molar-refractivity contribution < 1.29 is 4.79 Å². The number of pyridine rings is 1. The van der Waals surface area contributed by atoms with Gasteiger partial charge in [-0.25, -0.2) is 0 Å². The van der Waals surface area contributed by atoms with Gasteiger partial charge in [0.1, 0.15) is 0 Å². The number of hydrogen-bond acceptors (Lipinski definition) is 5. The number of thioether (sulfide) groups is 1. The van der Waals surface area contributed by atoms with Crippen molar-refractivity contribution in [2.24, 2.45) is 0 Å². The zero-order chi connectivity index (χ0) is 21.6. The van der Waals surface area contributed by atoms with Crippen molar-refractivity contribution in [3.05, 3.63) is 83.6 Å². The molecule has 0 fully saturated rings. The van der Waals surface area contributed by atoms with Gasteiger partial charge in [-0.2, -0.15) is 0 Å². The summed E-state index contributed by atoms with van der Waals surface area (Å²) in [5.74, 6) is 0.769. The summed E-state index contributed by atoms with van der Waals surface area (Å²) < 4.78 is 1.97. The fourth-order valence-electron chi connectivity index (χ4n) is 3.03. The van der Waals surface area contributed by atoms with Gasteiger partial charge in [0.25, 0.3) is 0 Å². The third-order valence-corrected chi connectivity index (χ3v) is 5.82. The van der Waals surface area contributed by atoms with E-state index in [1.165, 1.54) is 17.3 Å². The fraction of sp³-hybridized carbons (Fsp3) is 0.130. The van der Waals surface area contributed by atoms with Gasteiger partial charge in [0.2, 0.25) is 5.91 Å². The Hall–Kier alpha value is -3.16. The van der Waals surface area contributed by atoms with Crippen LogP contribution in [0.2, 0.25) is 5.02 Å². The molecular formula is C23H20ClN5OS. The molecule has 1 amide bonds. The normalized spacial score (nSPS) is 10.8. The van der Waals surface area contributed by atoms with E-state index < -0.39 is 0 Å². The highest BCUT2D eigenvalue weighted by Crippen LogP contribution is 2.28. The highest BCUT2D eigenvalue weighted by molar-refractivity contribution is 7.99. The molecule has 0 aliphatic rings. The van der Waals surface area contributed by atoms with Crippen LogP contribution < -0.4 is 5.32 Å². The molecule has 0 unspecified atom stereocenters. The van der Waals surface area contributed by atoms with E-state index >= 15 is 0 Å². The van der Waals surface area contributed by atoms with Gasteiger partial charge >= 0.3 is 0 Å². The van der Waals surface area contributed by atoms with E-state index in [1.54, 1.807) is 36.7 Å². The van der Waals surface area contributed by atoms with Gasteiger partial charge in [-0.1, -0.05) is 42.4 Å². The van der Waals surface area contributed by atoms with E-state index in [0.717, 1.165) is 17.7 Å². The van der Waals surface area contributed by atoms with Crippen LogP contribution in [0.1, 0.15) is 12.5 Å². The Labute approximate surface area is 189 Å². The molecule has 4 aromatic rings. The highest BCUT2D eigenvalue weighted by Gasteiger charge is 2.17. The lowest BCUT2D eigenvalue weighted by Crippen LogP contribution is -2.14. The van der Waals surface area contributed by atoms with Crippen molar-refractivity contribution in [1.29, 1.82) is 0 Å². The minimum absolute atomic E-state index is 0.131. The average molecular weight is 450 g/mol. The number of hydrogen-bond donors (Lipinski definition) is 1. The summed E-state index contributed by atoms with van der Waals surface area (Å²) in [6.45, 7) is 2.12. The molecule has 2 aromatic carbocycles. The summed E-state index contributed by atoms with van der Waals surface area (Å²) in [6.07, 6.45) is 4.41. The van der Waals surface area contributed by atoms with E-state index in [2.05, 4.69) is 39.6 Å². The van der Waals surface area contributed by atoms with Gasteiger partial charge in [0.05, 0.1) is 5.75 Å². The molecule has 156 valence electrons. The number of nitrogens with one attached hydrogen (secondary N) is 1. The van der Waals surface area contributed by atoms with E-state index in [0.29, 0.717) is 21.7 Å². The Kier molecular flexibility index (Phi) is 6.64. The van der Waals surface area contributed by atoms with E-state index in [9.17, 15) is 4.79 Å². The SMILES string of the molecule is CCc1ccc(-n2c(SCC(=O)Nc3ccc(Cl)cc3)nnc2-c2ccncc2)cc1. The van der Waals surface area contributed by atoms with Gasteiger partial charge in [-0.15, -0.1) is 10.2 Å². The van der Waals surface area contributed by atoms with Crippen LogP contribution in [0, 0.1) is 0 Å². The minimum atomic E-state index is -0.131. The Morgan fingerprint density at radius 3 is 2.39 bits per heavy atom. The largest absolute Gasteiger partial charge is 0.325 e. The lowest BCUT2D eigenvalue weighted by atomic mass is 10.1. The van der Waals surface area contributed by atoms with Crippen molar-refractivity contribution in [2.75, 3.05) is 11.1 Å². The maximum absolute atomic E-state index is 12.4. The second-order valence-corrected chi connectivity index (χ2v) is 8.12. The summed E-state index contributed by atoms with van der Waals surface area (Å²) in [5, 5.41) is 12.9. The van der Waals surface area contributed by atoms with Gasteiger partial charge in [-0.3, -0.25) is 14.3 Å². The maximum atomic E-state index is 12.4. The number of benzene rings is 2. The molecule has 4 rings (SSSR count). The van der Waals surface area contributed by atoms with Crippen LogP contribution in [0.5, 0.6) is 0 Å². The Bertz CT molecular complexity index is 1160. The quantitative estimate of drug-likeness (QED) is 0.389. The topological polar surface area (TPSA) is 72.7 Å². The number of rotatable bonds is 7. The first kappa shape index (κ1) is 21.1. The van der Waals surface area contributed by atoms with Crippen LogP contribution in [0.4, 0.5) is 5.69 Å². The summed E-state index contributed by atoms with van der Waals surface area (Å²) in [4.78, 5) is 16.5. The number of anilines is 1. The molecule has 0 aliphatic heterocycles. The van der Waals surface area contributed by atoms with Crippen molar-refractivity contribution >= 4 is 35.0 Å². The standard InChI is InChI=1S/C23H20ClN5OS/c1-2-16-3-9-20(10-4-16)29-22(17-11-13-25-14-12-17)27-28-23(29)31-15-21(30)26-19-7-5-18(24)6-8-19/h3-14H,2,15H2,1H3,(H,26,30). The van der Waals surface area contributed by atoms with E-state index in [4.69, 9.17) is 11.6 Å². The zero-order valence-electron chi connectivity index (χ0n) is 16.8. The Morgan fingerprint density at radius 2 is 1.71 bits per heavy atom. The summed E-state index contributed by atoms with van der Waals surface area (Å²) in [6, 6.07) is 19.1. The third kappa shape index (κ3) is 5.13. The molecule has 0 atom stereocenters. The number of carbonyl (C=O) groups excluding carboxylic acids is 1.